The molecule has 0 bridgehead atoms. The van der Waals surface area contributed by atoms with Crippen LogP contribution in [-0.2, 0) is 11.0 Å². The summed E-state index contributed by atoms with van der Waals surface area (Å²) in [6.07, 6.45) is -3.27. The molecule has 120 valence electrons. The van der Waals surface area contributed by atoms with Crippen LogP contribution in [0.25, 0.3) is 0 Å². The quantitative estimate of drug-likeness (QED) is 0.502. The SMILES string of the molecule is O=C1CNC(=O)N1CCCSc1ncc(C(F)(F)F)cc1Cl. The van der Waals surface area contributed by atoms with E-state index in [9.17, 15) is 22.8 Å². The van der Waals surface area contributed by atoms with Crippen LogP contribution in [0.15, 0.2) is 17.3 Å². The van der Waals surface area contributed by atoms with Gasteiger partial charge in [-0.15, -0.1) is 11.8 Å². The van der Waals surface area contributed by atoms with E-state index in [1.54, 1.807) is 0 Å². The second-order valence-corrected chi connectivity index (χ2v) is 5.91. The van der Waals surface area contributed by atoms with Crippen molar-refractivity contribution in [3.8, 4) is 0 Å². The molecule has 0 aromatic carbocycles. The van der Waals surface area contributed by atoms with E-state index < -0.39 is 17.8 Å². The van der Waals surface area contributed by atoms with Gasteiger partial charge in [0.25, 0.3) is 0 Å². The highest BCUT2D eigenvalue weighted by molar-refractivity contribution is 7.99. The Balaban J connectivity index is 1.85. The van der Waals surface area contributed by atoms with Crippen LogP contribution in [0.4, 0.5) is 18.0 Å². The van der Waals surface area contributed by atoms with Crippen molar-refractivity contribution in [2.24, 2.45) is 0 Å². The molecule has 0 saturated carbocycles. The molecule has 0 aliphatic carbocycles. The molecule has 0 radical (unpaired) electrons. The van der Waals surface area contributed by atoms with Gasteiger partial charge in [-0.1, -0.05) is 11.6 Å². The largest absolute Gasteiger partial charge is 0.417 e. The zero-order valence-corrected chi connectivity index (χ0v) is 12.7. The maximum atomic E-state index is 12.5. The first kappa shape index (κ1) is 16.9. The van der Waals surface area contributed by atoms with E-state index in [4.69, 9.17) is 11.6 Å². The van der Waals surface area contributed by atoms with Gasteiger partial charge in [-0.25, -0.2) is 9.78 Å². The van der Waals surface area contributed by atoms with Gasteiger partial charge in [-0.3, -0.25) is 9.69 Å². The average Bonchev–Trinajstić information content (AvgIpc) is 2.75. The fourth-order valence-corrected chi connectivity index (χ4v) is 2.88. The van der Waals surface area contributed by atoms with Gasteiger partial charge in [0.05, 0.1) is 17.1 Å². The summed E-state index contributed by atoms with van der Waals surface area (Å²) < 4.78 is 37.4. The van der Waals surface area contributed by atoms with Gasteiger partial charge in [0, 0.05) is 18.5 Å². The number of pyridine rings is 1. The van der Waals surface area contributed by atoms with Crippen molar-refractivity contribution in [1.29, 1.82) is 0 Å². The van der Waals surface area contributed by atoms with Crippen LogP contribution in [-0.4, -0.2) is 40.7 Å². The van der Waals surface area contributed by atoms with Crippen LogP contribution in [0.2, 0.25) is 5.02 Å². The van der Waals surface area contributed by atoms with Gasteiger partial charge in [-0.05, 0) is 12.5 Å². The summed E-state index contributed by atoms with van der Waals surface area (Å²) >= 11 is 6.95. The van der Waals surface area contributed by atoms with E-state index in [-0.39, 0.29) is 29.0 Å². The number of amides is 3. The Morgan fingerprint density at radius 1 is 1.41 bits per heavy atom. The molecule has 3 amide bonds. The zero-order valence-electron chi connectivity index (χ0n) is 11.1. The molecular formula is C12H11ClF3N3O2S. The number of carbonyl (C=O) groups excluding carboxylic acids is 2. The molecule has 1 saturated heterocycles. The van der Waals surface area contributed by atoms with Gasteiger partial charge in [0.1, 0.15) is 5.03 Å². The highest BCUT2D eigenvalue weighted by Crippen LogP contribution is 2.33. The first-order valence-electron chi connectivity index (χ1n) is 6.23. The highest BCUT2D eigenvalue weighted by atomic mass is 35.5. The van der Waals surface area contributed by atoms with Crippen molar-refractivity contribution in [2.75, 3.05) is 18.8 Å². The number of nitrogens with one attached hydrogen (secondary N) is 1. The predicted octanol–water partition coefficient (Wildman–Crippen LogP) is 2.79. The summed E-state index contributed by atoms with van der Waals surface area (Å²) in [5.74, 6) is 0.176. The molecule has 1 N–H and O–H groups in total. The van der Waals surface area contributed by atoms with Crippen molar-refractivity contribution in [1.82, 2.24) is 15.2 Å². The van der Waals surface area contributed by atoms with Crippen LogP contribution in [0.1, 0.15) is 12.0 Å². The average molecular weight is 354 g/mol. The van der Waals surface area contributed by atoms with E-state index in [1.807, 2.05) is 0 Å². The standard InChI is InChI=1S/C12H11ClF3N3O2S/c13-8-4-7(12(14,15)16)5-17-10(8)22-3-1-2-19-9(20)6-18-11(19)21/h4-5H,1-3,6H2,(H,18,21). The Hall–Kier alpha value is -1.48. The number of aromatic nitrogens is 1. The lowest BCUT2D eigenvalue weighted by Gasteiger charge is -2.12. The van der Waals surface area contributed by atoms with Crippen molar-refractivity contribution in [3.05, 3.63) is 22.8 Å². The van der Waals surface area contributed by atoms with Crippen LogP contribution >= 0.6 is 23.4 Å². The lowest BCUT2D eigenvalue weighted by Crippen LogP contribution is -2.32. The summed E-state index contributed by atoms with van der Waals surface area (Å²) in [5, 5.41) is 2.61. The number of urea groups is 1. The lowest BCUT2D eigenvalue weighted by molar-refractivity contribution is -0.137. The first-order valence-corrected chi connectivity index (χ1v) is 7.59. The molecular weight excluding hydrogens is 343 g/mol. The van der Waals surface area contributed by atoms with Gasteiger partial charge >= 0.3 is 12.2 Å². The second-order valence-electron chi connectivity index (χ2n) is 4.41. The predicted molar refractivity (Wildman–Crippen MR) is 74.7 cm³/mol. The number of nitrogens with zero attached hydrogens (tertiary/aromatic N) is 2. The maximum absolute atomic E-state index is 12.5. The molecule has 2 heterocycles. The van der Waals surface area contributed by atoms with E-state index >= 15 is 0 Å². The van der Waals surface area contributed by atoms with Crippen LogP contribution < -0.4 is 5.32 Å². The minimum atomic E-state index is -4.48. The third kappa shape index (κ3) is 4.04. The Morgan fingerprint density at radius 2 is 2.14 bits per heavy atom. The number of thioether (sulfide) groups is 1. The summed E-state index contributed by atoms with van der Waals surface area (Å²) in [6.45, 7) is 0.244. The number of alkyl halides is 3. The molecule has 0 atom stereocenters. The molecule has 10 heteroatoms. The number of hydrogen-bond acceptors (Lipinski definition) is 4. The first-order chi connectivity index (χ1) is 10.3. The third-order valence-corrected chi connectivity index (χ3v) is 4.33. The van der Waals surface area contributed by atoms with E-state index in [2.05, 4.69) is 10.3 Å². The Morgan fingerprint density at radius 3 is 2.68 bits per heavy atom. The summed E-state index contributed by atoms with van der Waals surface area (Å²) in [5.41, 5.74) is -0.902. The number of rotatable bonds is 5. The fraction of sp³-hybridized carbons (Fsp3) is 0.417. The van der Waals surface area contributed by atoms with Gasteiger partial charge in [-0.2, -0.15) is 13.2 Å². The Bertz CT molecular complexity index is 581. The van der Waals surface area contributed by atoms with Crippen molar-refractivity contribution >= 4 is 35.3 Å². The molecule has 5 nitrogen and oxygen atoms in total. The lowest BCUT2D eigenvalue weighted by atomic mass is 10.3. The van der Waals surface area contributed by atoms with Crippen LogP contribution in [0.3, 0.4) is 0 Å². The van der Waals surface area contributed by atoms with Crippen molar-refractivity contribution < 1.29 is 22.8 Å². The van der Waals surface area contributed by atoms with E-state index in [1.165, 1.54) is 11.8 Å². The fourth-order valence-electron chi connectivity index (χ4n) is 1.76. The smallest absolute Gasteiger partial charge is 0.329 e. The van der Waals surface area contributed by atoms with Gasteiger partial charge in [0.15, 0.2) is 0 Å². The molecule has 1 fully saturated rings. The molecule has 1 aromatic rings. The van der Waals surface area contributed by atoms with Crippen molar-refractivity contribution in [2.45, 2.75) is 17.6 Å². The number of imide groups is 1. The van der Waals surface area contributed by atoms with E-state index in [0.29, 0.717) is 12.2 Å². The number of halogens is 4. The molecule has 2 rings (SSSR count). The topological polar surface area (TPSA) is 62.3 Å². The Kier molecular flexibility index (Phi) is 5.17. The summed E-state index contributed by atoms with van der Waals surface area (Å²) in [6, 6.07) is 0.398. The van der Waals surface area contributed by atoms with Gasteiger partial charge < -0.3 is 5.32 Å². The summed E-state index contributed by atoms with van der Waals surface area (Å²) in [4.78, 5) is 27.4. The third-order valence-electron chi connectivity index (χ3n) is 2.84. The molecule has 22 heavy (non-hydrogen) atoms. The summed E-state index contributed by atoms with van der Waals surface area (Å²) in [7, 11) is 0. The second kappa shape index (κ2) is 6.74. The molecule has 1 aromatic heterocycles. The van der Waals surface area contributed by atoms with Crippen molar-refractivity contribution in [3.63, 3.8) is 0 Å². The maximum Gasteiger partial charge on any atom is 0.417 e. The Labute approximate surface area is 133 Å². The van der Waals surface area contributed by atoms with Gasteiger partial charge in [0.2, 0.25) is 5.91 Å². The highest BCUT2D eigenvalue weighted by Gasteiger charge is 2.31. The molecule has 0 spiro atoms. The number of hydrogen-bond donors (Lipinski definition) is 1. The van der Waals surface area contributed by atoms with E-state index in [0.717, 1.165) is 17.2 Å². The molecule has 0 unspecified atom stereocenters. The van der Waals surface area contributed by atoms with Crippen LogP contribution in [0, 0.1) is 0 Å². The minimum Gasteiger partial charge on any atom is -0.329 e. The minimum absolute atomic E-state index is 0.00172. The van der Waals surface area contributed by atoms with Crippen LogP contribution in [0.5, 0.6) is 0 Å². The molecule has 1 aliphatic rings. The normalized spacial score (nSPS) is 15.4. The monoisotopic (exact) mass is 353 g/mol. The molecule has 1 aliphatic heterocycles. The zero-order chi connectivity index (χ0) is 16.3. The number of carbonyl (C=O) groups is 2.